The Morgan fingerprint density at radius 1 is 1.11 bits per heavy atom. The van der Waals surface area contributed by atoms with Crippen LogP contribution in [0.3, 0.4) is 0 Å². The molecule has 0 aromatic carbocycles. The van der Waals surface area contributed by atoms with Crippen LogP contribution in [0.25, 0.3) is 0 Å². The first-order chi connectivity index (χ1) is 15.6. The van der Waals surface area contributed by atoms with Gasteiger partial charge in [0.2, 0.25) is 0 Å². The molecule has 0 bridgehead atoms. The minimum absolute atomic E-state index is 0.0457. The lowest BCUT2D eigenvalue weighted by Crippen LogP contribution is -2.59. The van der Waals surface area contributed by atoms with Crippen LogP contribution in [0.5, 0.6) is 0 Å². The first-order valence-electron chi connectivity index (χ1n) is 11.9. The molecule has 10 nitrogen and oxygen atoms in total. The predicted molar refractivity (Wildman–Crippen MR) is 139 cm³/mol. The van der Waals surface area contributed by atoms with Gasteiger partial charge in [0, 0.05) is 0 Å². The smallest absolute Gasteiger partial charge is 0.292 e. The molecule has 0 amide bonds. The van der Waals surface area contributed by atoms with E-state index in [1.807, 2.05) is 6.92 Å². The van der Waals surface area contributed by atoms with E-state index in [1.54, 1.807) is 10.9 Å². The van der Waals surface area contributed by atoms with Crippen LogP contribution in [0.2, 0.25) is 36.3 Å². The lowest BCUT2D eigenvalue weighted by molar-refractivity contribution is -0.0595. The second-order valence-electron chi connectivity index (χ2n) is 12.7. The van der Waals surface area contributed by atoms with E-state index in [1.165, 1.54) is 0 Å². The van der Waals surface area contributed by atoms with E-state index >= 15 is 0 Å². The molecular weight excluding hydrogens is 505 g/mol. The van der Waals surface area contributed by atoms with Gasteiger partial charge in [-0.15, -0.1) is 5.10 Å². The van der Waals surface area contributed by atoms with Gasteiger partial charge in [-0.25, -0.2) is 8.86 Å². The quantitative estimate of drug-likeness (QED) is 0.418. The van der Waals surface area contributed by atoms with E-state index < -0.39 is 50.8 Å². The molecular formula is C22H42N4O6SSi2. The van der Waals surface area contributed by atoms with Crippen LogP contribution in [0, 0.1) is 6.92 Å². The van der Waals surface area contributed by atoms with Crippen molar-refractivity contribution in [1.82, 2.24) is 15.0 Å². The van der Waals surface area contributed by atoms with Crippen molar-refractivity contribution in [2.24, 2.45) is 5.73 Å². The topological polar surface area (TPSA) is 128 Å². The molecule has 1 aromatic rings. The average molecular weight is 547 g/mol. The largest absolute Gasteiger partial charge is 0.414 e. The van der Waals surface area contributed by atoms with Gasteiger partial charge in [0.15, 0.2) is 28.5 Å². The molecule has 1 fully saturated rings. The molecule has 0 aliphatic carbocycles. The van der Waals surface area contributed by atoms with Crippen molar-refractivity contribution in [2.45, 2.75) is 109 Å². The Kier molecular flexibility index (Phi) is 7.11. The number of aryl methyl sites for hydroxylation is 1. The Hall–Kier alpha value is -1.10. The number of nitrogens with two attached hydrogens (primary N) is 1. The summed E-state index contributed by atoms with van der Waals surface area (Å²) < 4.78 is 52.6. The molecule has 2 aliphatic rings. The monoisotopic (exact) mass is 546 g/mol. The molecule has 1 spiro atoms. The van der Waals surface area contributed by atoms with Crippen LogP contribution in [0.1, 0.15) is 53.5 Å². The normalized spacial score (nSPS) is 29.7. The molecule has 2 aliphatic heterocycles. The highest BCUT2D eigenvalue weighted by molar-refractivity contribution is 7.90. The highest BCUT2D eigenvalue weighted by Crippen LogP contribution is 2.52. The van der Waals surface area contributed by atoms with E-state index in [0.29, 0.717) is 5.69 Å². The first kappa shape index (κ1) is 28.5. The Labute approximate surface area is 211 Å². The Morgan fingerprint density at radius 3 is 2.11 bits per heavy atom. The number of ether oxygens (including phenoxy) is 1. The molecule has 200 valence electrons. The maximum atomic E-state index is 12.7. The van der Waals surface area contributed by atoms with E-state index in [0.717, 1.165) is 5.41 Å². The number of aromatic nitrogens is 3. The summed E-state index contributed by atoms with van der Waals surface area (Å²) >= 11 is 0. The summed E-state index contributed by atoms with van der Waals surface area (Å²) in [5, 5.41) is 9.07. The minimum atomic E-state index is -4.05. The van der Waals surface area contributed by atoms with Gasteiger partial charge in [-0.05, 0) is 43.2 Å². The standard InChI is InChI=1S/C22H42N4O6SSi2/c1-15-12-26(25-24-15)19-18(31-35(10,11)21(5,6)7)22(16(23)14-33(27,28)32-22)17(30-19)13-29-34(8,9)20(2,3)4/h12,14,17-19H,13,23H2,1-11H3/t17-,18+,19-,22-/m1/s1. The summed E-state index contributed by atoms with van der Waals surface area (Å²) in [6.07, 6.45) is -0.792. The number of hydrogen-bond donors (Lipinski definition) is 1. The molecule has 3 rings (SSSR count). The third kappa shape index (κ3) is 5.18. The number of rotatable bonds is 6. The maximum absolute atomic E-state index is 12.7. The maximum Gasteiger partial charge on any atom is 0.292 e. The molecule has 1 aromatic heterocycles. The summed E-state index contributed by atoms with van der Waals surface area (Å²) in [5.41, 5.74) is 5.61. The van der Waals surface area contributed by atoms with Crippen molar-refractivity contribution >= 4 is 26.8 Å². The van der Waals surface area contributed by atoms with Crippen molar-refractivity contribution in [2.75, 3.05) is 6.61 Å². The summed E-state index contributed by atoms with van der Waals surface area (Å²) in [6.45, 7) is 23.1. The molecule has 4 atom stereocenters. The van der Waals surface area contributed by atoms with Gasteiger partial charge in [-0.2, -0.15) is 8.42 Å². The summed E-state index contributed by atoms with van der Waals surface area (Å²) in [5.74, 6) is 0. The van der Waals surface area contributed by atoms with Crippen molar-refractivity contribution in [3.8, 4) is 0 Å². The fraction of sp³-hybridized carbons (Fsp3) is 0.818. The molecule has 0 unspecified atom stereocenters. The third-order valence-electron chi connectivity index (χ3n) is 7.96. The Morgan fingerprint density at radius 2 is 1.69 bits per heavy atom. The van der Waals surface area contributed by atoms with Crippen LogP contribution < -0.4 is 5.73 Å². The zero-order chi connectivity index (χ0) is 26.8. The van der Waals surface area contributed by atoms with Gasteiger partial charge in [-0.1, -0.05) is 46.8 Å². The Bertz CT molecular complexity index is 1090. The molecule has 13 heteroatoms. The van der Waals surface area contributed by atoms with Gasteiger partial charge in [0.05, 0.1) is 29.6 Å². The van der Waals surface area contributed by atoms with Gasteiger partial charge in [0.25, 0.3) is 10.1 Å². The first-order valence-corrected chi connectivity index (χ1v) is 19.2. The summed E-state index contributed by atoms with van der Waals surface area (Å²) in [7, 11) is -8.71. The van der Waals surface area contributed by atoms with Gasteiger partial charge >= 0.3 is 0 Å². The van der Waals surface area contributed by atoms with Crippen LogP contribution in [0.4, 0.5) is 0 Å². The minimum Gasteiger partial charge on any atom is -0.414 e. The van der Waals surface area contributed by atoms with E-state index in [9.17, 15) is 8.42 Å². The van der Waals surface area contributed by atoms with E-state index in [-0.39, 0.29) is 22.4 Å². The van der Waals surface area contributed by atoms with Gasteiger partial charge < -0.3 is 19.3 Å². The highest BCUT2D eigenvalue weighted by atomic mass is 32.2. The fourth-order valence-electron chi connectivity index (χ4n) is 3.69. The predicted octanol–water partition coefficient (Wildman–Crippen LogP) is 3.80. The lowest BCUT2D eigenvalue weighted by atomic mass is 9.89. The van der Waals surface area contributed by atoms with E-state index in [2.05, 4.69) is 78.0 Å². The second-order valence-corrected chi connectivity index (χ2v) is 23.6. The van der Waals surface area contributed by atoms with Crippen LogP contribution in [0.15, 0.2) is 17.3 Å². The van der Waals surface area contributed by atoms with Gasteiger partial charge in [0.1, 0.15) is 12.2 Å². The number of nitrogens with zero attached hydrogens (tertiary/aromatic N) is 3. The molecule has 3 heterocycles. The van der Waals surface area contributed by atoms with Crippen molar-refractivity contribution in [3.05, 3.63) is 23.0 Å². The van der Waals surface area contributed by atoms with Gasteiger partial charge in [-0.3, -0.25) is 0 Å². The van der Waals surface area contributed by atoms with Crippen LogP contribution in [-0.2, 0) is 27.9 Å². The van der Waals surface area contributed by atoms with Crippen LogP contribution >= 0.6 is 0 Å². The third-order valence-corrected chi connectivity index (χ3v) is 18.0. The van der Waals surface area contributed by atoms with E-state index in [4.69, 9.17) is 23.5 Å². The molecule has 35 heavy (non-hydrogen) atoms. The highest BCUT2D eigenvalue weighted by Gasteiger charge is 2.67. The SMILES string of the molecule is Cc1cn([C@@H]2O[C@H](CO[Si](C)(C)C(C)(C)C)[C@@]3(OS(=O)(=O)C=C3N)[C@H]2O[Si](C)(C)C(C)(C)C)nn1. The molecule has 1 saturated heterocycles. The van der Waals surface area contributed by atoms with Crippen LogP contribution in [-0.4, -0.2) is 64.5 Å². The fourth-order valence-corrected chi connectivity index (χ4v) is 7.20. The Balaban J connectivity index is 2.13. The van der Waals surface area contributed by atoms with Crippen molar-refractivity contribution in [3.63, 3.8) is 0 Å². The van der Waals surface area contributed by atoms with Crippen molar-refractivity contribution < 1.29 is 26.2 Å². The second kappa shape index (κ2) is 8.74. The molecule has 0 saturated carbocycles. The van der Waals surface area contributed by atoms with Crippen molar-refractivity contribution in [1.29, 1.82) is 0 Å². The molecule has 0 radical (unpaired) electrons. The summed E-state index contributed by atoms with van der Waals surface area (Å²) in [4.78, 5) is 0. The summed E-state index contributed by atoms with van der Waals surface area (Å²) in [6, 6.07) is 0. The zero-order valence-electron chi connectivity index (χ0n) is 22.9. The number of hydrogen-bond acceptors (Lipinski definition) is 9. The average Bonchev–Trinajstić information content (AvgIpc) is 3.27. The molecule has 2 N–H and O–H groups in total. The zero-order valence-corrected chi connectivity index (χ0v) is 25.7. The lowest BCUT2D eigenvalue weighted by Gasteiger charge is -2.43.